The summed E-state index contributed by atoms with van der Waals surface area (Å²) < 4.78 is 62.2. The van der Waals surface area contributed by atoms with Crippen LogP contribution >= 0.6 is 0 Å². The zero-order chi connectivity index (χ0) is 24.6. The number of aromatic nitrogens is 1. The van der Waals surface area contributed by atoms with Crippen LogP contribution in [0.3, 0.4) is 0 Å². The first-order chi connectivity index (χ1) is 16.8. The van der Waals surface area contributed by atoms with E-state index in [2.05, 4.69) is 10.3 Å². The molecule has 1 N–H and O–H groups in total. The molecule has 2 aliphatic rings. The van der Waals surface area contributed by atoms with Gasteiger partial charge < -0.3 is 10.1 Å². The zero-order valence-corrected chi connectivity index (χ0v) is 18.9. The highest BCUT2D eigenvalue weighted by atomic mass is 19.3. The number of hydrogen-bond acceptors (Lipinski definition) is 3. The van der Waals surface area contributed by atoms with Gasteiger partial charge in [-0.05, 0) is 48.2 Å². The second kappa shape index (κ2) is 9.41. The Hall–Kier alpha value is -3.26. The van der Waals surface area contributed by atoms with Gasteiger partial charge in [0.05, 0.1) is 18.0 Å². The fourth-order valence-corrected chi connectivity index (χ4v) is 4.88. The van der Waals surface area contributed by atoms with Gasteiger partial charge in [0, 0.05) is 42.5 Å². The number of benzene rings is 2. The number of carbonyl (C=O) groups is 1. The molecule has 1 fully saturated rings. The topological polar surface area (TPSA) is 51.2 Å². The van der Waals surface area contributed by atoms with E-state index in [1.54, 1.807) is 0 Å². The van der Waals surface area contributed by atoms with Gasteiger partial charge >= 0.3 is 0 Å². The van der Waals surface area contributed by atoms with Crippen LogP contribution in [0.2, 0.25) is 0 Å². The fourth-order valence-electron chi connectivity index (χ4n) is 4.88. The van der Waals surface area contributed by atoms with Crippen LogP contribution in [0.25, 0.3) is 11.1 Å². The molecule has 2 aromatic carbocycles. The van der Waals surface area contributed by atoms with Crippen molar-refractivity contribution in [3.8, 4) is 11.1 Å². The van der Waals surface area contributed by atoms with Crippen molar-refractivity contribution >= 4 is 11.6 Å². The quantitative estimate of drug-likeness (QED) is 0.436. The predicted molar refractivity (Wildman–Crippen MR) is 123 cm³/mol. The van der Waals surface area contributed by atoms with E-state index in [-0.39, 0.29) is 55.0 Å². The summed E-state index contributed by atoms with van der Waals surface area (Å²) in [5.74, 6) is -4.85. The molecule has 3 aromatic rings. The van der Waals surface area contributed by atoms with E-state index in [4.69, 9.17) is 4.74 Å². The molecule has 1 aliphatic carbocycles. The number of ether oxygens (including phenoxy) is 1. The molecule has 35 heavy (non-hydrogen) atoms. The number of alkyl halides is 2. The highest BCUT2D eigenvalue weighted by Gasteiger charge is 2.37. The van der Waals surface area contributed by atoms with E-state index in [0.717, 1.165) is 29.3 Å². The van der Waals surface area contributed by atoms with Crippen LogP contribution in [0.5, 0.6) is 0 Å². The van der Waals surface area contributed by atoms with Crippen molar-refractivity contribution in [2.45, 2.75) is 56.7 Å². The van der Waals surface area contributed by atoms with Crippen molar-refractivity contribution in [3.63, 3.8) is 0 Å². The lowest BCUT2D eigenvalue weighted by Crippen LogP contribution is -2.35. The number of nitrogens with one attached hydrogen (secondary N) is 1. The smallest absolute Gasteiger partial charge is 0.253 e. The molecule has 8 heteroatoms. The molecule has 1 atom stereocenters. The standard InChI is InChI=1S/C27H24F4N2O2/c28-19-5-6-22(29)21(14-19)20-9-12-32-24(16-7-10-27(30,31)11-8-16)25(20)33-26(34)23-13-17-3-1-2-4-18(17)15-35-23/h1-6,9,12,14,16,23H,7-8,10-11,13,15H2,(H,33,34). The van der Waals surface area contributed by atoms with Crippen LogP contribution in [0.1, 0.15) is 48.4 Å². The third-order valence-electron chi connectivity index (χ3n) is 6.81. The second-order valence-electron chi connectivity index (χ2n) is 9.13. The summed E-state index contributed by atoms with van der Waals surface area (Å²) in [6, 6.07) is 12.2. The van der Waals surface area contributed by atoms with Gasteiger partial charge in [0.15, 0.2) is 0 Å². The van der Waals surface area contributed by atoms with Crippen LogP contribution in [0.15, 0.2) is 54.7 Å². The number of hydrogen-bond donors (Lipinski definition) is 1. The highest BCUT2D eigenvalue weighted by molar-refractivity contribution is 5.99. The fraction of sp³-hybridized carbons (Fsp3) is 0.333. The maximum Gasteiger partial charge on any atom is 0.253 e. The van der Waals surface area contributed by atoms with Gasteiger partial charge in [-0.2, -0.15) is 0 Å². The van der Waals surface area contributed by atoms with Gasteiger partial charge in [0.2, 0.25) is 5.92 Å². The first kappa shape index (κ1) is 23.5. The molecule has 1 unspecified atom stereocenters. The van der Waals surface area contributed by atoms with E-state index < -0.39 is 29.6 Å². The summed E-state index contributed by atoms with van der Waals surface area (Å²) in [6.45, 7) is 0.275. The van der Waals surface area contributed by atoms with Crippen molar-refractivity contribution in [3.05, 3.63) is 83.2 Å². The van der Waals surface area contributed by atoms with Crippen molar-refractivity contribution in [1.82, 2.24) is 4.98 Å². The molecule has 1 aliphatic heterocycles. The van der Waals surface area contributed by atoms with Crippen molar-refractivity contribution in [2.75, 3.05) is 5.32 Å². The molecule has 0 saturated heterocycles. The molecule has 0 spiro atoms. The lowest BCUT2D eigenvalue weighted by atomic mass is 9.83. The first-order valence-electron chi connectivity index (χ1n) is 11.6. The number of carbonyl (C=O) groups excluding carboxylic acids is 1. The van der Waals surface area contributed by atoms with Crippen molar-refractivity contribution in [1.29, 1.82) is 0 Å². The Morgan fingerprint density at radius 3 is 2.51 bits per heavy atom. The van der Waals surface area contributed by atoms with Crippen LogP contribution in [0, 0.1) is 11.6 Å². The van der Waals surface area contributed by atoms with E-state index in [1.165, 1.54) is 12.3 Å². The van der Waals surface area contributed by atoms with Crippen molar-refractivity contribution in [2.24, 2.45) is 0 Å². The first-order valence-corrected chi connectivity index (χ1v) is 11.6. The molecule has 2 heterocycles. The van der Waals surface area contributed by atoms with Crippen LogP contribution in [0.4, 0.5) is 23.2 Å². The van der Waals surface area contributed by atoms with E-state index in [0.29, 0.717) is 12.1 Å². The predicted octanol–water partition coefficient (Wildman–Crippen LogP) is 6.40. The van der Waals surface area contributed by atoms with E-state index in [1.807, 2.05) is 24.3 Å². The van der Waals surface area contributed by atoms with E-state index in [9.17, 15) is 22.4 Å². The maximum absolute atomic E-state index is 14.7. The molecule has 0 bridgehead atoms. The SMILES string of the molecule is O=C(Nc1c(-c2cc(F)ccc2F)ccnc1C1CCC(F)(F)CC1)C1Cc2ccccc2CO1. The molecule has 1 saturated carbocycles. The number of amides is 1. The van der Waals surface area contributed by atoms with Gasteiger partial charge in [-0.3, -0.25) is 9.78 Å². The Bertz CT molecular complexity index is 1250. The number of rotatable bonds is 4. The molecular formula is C27H24F4N2O2. The molecule has 0 radical (unpaired) electrons. The largest absolute Gasteiger partial charge is 0.363 e. The second-order valence-corrected chi connectivity index (χ2v) is 9.13. The van der Waals surface area contributed by atoms with Crippen LogP contribution in [-0.2, 0) is 22.6 Å². The Labute approximate surface area is 200 Å². The minimum atomic E-state index is -2.74. The third-order valence-corrected chi connectivity index (χ3v) is 6.81. The summed E-state index contributed by atoms with van der Waals surface area (Å²) in [6.07, 6.45) is 0.749. The summed E-state index contributed by atoms with van der Waals surface area (Å²) >= 11 is 0. The minimum absolute atomic E-state index is 0.0417. The summed E-state index contributed by atoms with van der Waals surface area (Å²) in [5, 5.41) is 2.84. The number of anilines is 1. The van der Waals surface area contributed by atoms with Crippen LogP contribution in [-0.4, -0.2) is 22.9 Å². The number of pyridine rings is 1. The van der Waals surface area contributed by atoms with Crippen LogP contribution < -0.4 is 5.32 Å². The molecule has 182 valence electrons. The number of nitrogens with zero attached hydrogens (tertiary/aromatic N) is 1. The third kappa shape index (κ3) is 4.93. The Balaban J connectivity index is 1.51. The van der Waals surface area contributed by atoms with Gasteiger partial charge in [-0.25, -0.2) is 17.6 Å². The molecular weight excluding hydrogens is 460 g/mol. The van der Waals surface area contributed by atoms with Gasteiger partial charge in [0.1, 0.15) is 17.7 Å². The molecule has 5 rings (SSSR count). The van der Waals surface area contributed by atoms with Crippen molar-refractivity contribution < 1.29 is 27.1 Å². The lowest BCUT2D eigenvalue weighted by molar-refractivity contribution is -0.129. The number of fused-ring (bicyclic) bond motifs is 1. The Morgan fingerprint density at radius 2 is 1.74 bits per heavy atom. The Morgan fingerprint density at radius 1 is 1.00 bits per heavy atom. The normalized spacial score (nSPS) is 19.7. The highest BCUT2D eigenvalue weighted by Crippen LogP contribution is 2.44. The average Bonchev–Trinajstić information content (AvgIpc) is 2.85. The lowest BCUT2D eigenvalue weighted by Gasteiger charge is -2.30. The number of halogens is 4. The summed E-state index contributed by atoms with van der Waals surface area (Å²) in [7, 11) is 0. The monoisotopic (exact) mass is 484 g/mol. The molecule has 1 amide bonds. The van der Waals surface area contributed by atoms with E-state index >= 15 is 0 Å². The van der Waals surface area contributed by atoms with Gasteiger partial charge in [-0.15, -0.1) is 0 Å². The summed E-state index contributed by atoms with van der Waals surface area (Å²) in [5.41, 5.74) is 2.81. The maximum atomic E-state index is 14.7. The minimum Gasteiger partial charge on any atom is -0.363 e. The summed E-state index contributed by atoms with van der Waals surface area (Å²) in [4.78, 5) is 17.7. The average molecular weight is 484 g/mol. The van der Waals surface area contributed by atoms with Gasteiger partial charge in [0.25, 0.3) is 5.91 Å². The Kier molecular flexibility index (Phi) is 6.32. The zero-order valence-electron chi connectivity index (χ0n) is 18.9. The van der Waals surface area contributed by atoms with Gasteiger partial charge in [-0.1, -0.05) is 24.3 Å². The molecule has 1 aromatic heterocycles. The molecule has 4 nitrogen and oxygen atoms in total.